The number of hydrogen-bond acceptors (Lipinski definition) is 6. The molecule has 0 fully saturated rings. The summed E-state index contributed by atoms with van der Waals surface area (Å²) < 4.78 is 5.11. The molecule has 1 unspecified atom stereocenters. The SMILES string of the molecule is CC1=C(C(=O)[O-])C(c2cccc(Cl)c2)C(C(=O)OCCC#N)=C(C)N1. The number of nitriles is 1. The van der Waals surface area contributed by atoms with Crippen molar-refractivity contribution in [1.29, 1.82) is 5.26 Å². The first-order valence-corrected chi connectivity index (χ1v) is 7.94. The number of hydrogen-bond donors (Lipinski definition) is 1. The van der Waals surface area contributed by atoms with Gasteiger partial charge in [0.15, 0.2) is 0 Å². The number of carboxylic acids is 1. The van der Waals surface area contributed by atoms with Crippen LogP contribution in [0.4, 0.5) is 0 Å². The average molecular weight is 360 g/mol. The summed E-state index contributed by atoms with van der Waals surface area (Å²) in [5.74, 6) is -2.94. The molecule has 0 amide bonds. The number of carboxylic acid groups (broad SMARTS) is 1. The number of esters is 1. The number of nitrogens with zero attached hydrogens (tertiary/aromatic N) is 1. The third-order valence-electron chi connectivity index (χ3n) is 3.83. The van der Waals surface area contributed by atoms with Crippen molar-refractivity contribution in [2.24, 2.45) is 0 Å². The molecule has 1 N–H and O–H groups in total. The lowest BCUT2D eigenvalue weighted by atomic mass is 9.80. The summed E-state index contributed by atoms with van der Waals surface area (Å²) in [5.41, 5.74) is 1.51. The number of nitrogens with one attached hydrogen (secondary N) is 1. The largest absolute Gasteiger partial charge is 0.545 e. The molecule has 25 heavy (non-hydrogen) atoms. The van der Waals surface area contributed by atoms with Crippen LogP contribution in [0.2, 0.25) is 5.02 Å². The molecule has 1 aliphatic heterocycles. The highest BCUT2D eigenvalue weighted by Gasteiger charge is 2.34. The van der Waals surface area contributed by atoms with E-state index in [1.807, 2.05) is 6.07 Å². The first-order valence-electron chi connectivity index (χ1n) is 7.56. The van der Waals surface area contributed by atoms with Gasteiger partial charge in [0, 0.05) is 27.9 Å². The van der Waals surface area contributed by atoms with Crippen LogP contribution in [0.1, 0.15) is 31.7 Å². The van der Waals surface area contributed by atoms with E-state index in [-0.39, 0.29) is 24.2 Å². The minimum Gasteiger partial charge on any atom is -0.545 e. The number of rotatable bonds is 5. The van der Waals surface area contributed by atoms with Gasteiger partial charge in [0.25, 0.3) is 0 Å². The van der Waals surface area contributed by atoms with Crippen molar-refractivity contribution in [2.75, 3.05) is 6.61 Å². The Balaban J connectivity index is 2.54. The molecule has 0 saturated heterocycles. The fourth-order valence-corrected chi connectivity index (χ4v) is 3.02. The van der Waals surface area contributed by atoms with Gasteiger partial charge in [-0.1, -0.05) is 23.7 Å². The second kappa shape index (κ2) is 7.86. The van der Waals surface area contributed by atoms with Crippen molar-refractivity contribution in [3.05, 3.63) is 57.4 Å². The minimum atomic E-state index is -1.38. The van der Waals surface area contributed by atoms with Gasteiger partial charge in [0.1, 0.15) is 6.61 Å². The number of aliphatic carboxylic acids is 1. The molecule has 0 spiro atoms. The highest BCUT2D eigenvalue weighted by molar-refractivity contribution is 6.30. The van der Waals surface area contributed by atoms with E-state index in [1.54, 1.807) is 38.1 Å². The number of benzene rings is 1. The second-order valence-corrected chi connectivity index (χ2v) is 5.96. The maximum atomic E-state index is 12.5. The third-order valence-corrected chi connectivity index (χ3v) is 4.06. The smallest absolute Gasteiger partial charge is 0.336 e. The van der Waals surface area contributed by atoms with E-state index in [0.29, 0.717) is 22.0 Å². The van der Waals surface area contributed by atoms with E-state index in [9.17, 15) is 14.7 Å². The number of ether oxygens (including phenoxy) is 1. The summed E-state index contributed by atoms with van der Waals surface area (Å²) in [7, 11) is 0. The van der Waals surface area contributed by atoms with Gasteiger partial charge >= 0.3 is 5.97 Å². The van der Waals surface area contributed by atoms with Crippen LogP contribution >= 0.6 is 11.6 Å². The Labute approximate surface area is 150 Å². The second-order valence-electron chi connectivity index (χ2n) is 5.52. The van der Waals surface area contributed by atoms with Gasteiger partial charge in [-0.05, 0) is 31.5 Å². The number of carbonyl (C=O) groups is 2. The molecule has 7 heteroatoms. The molecule has 1 heterocycles. The van der Waals surface area contributed by atoms with E-state index >= 15 is 0 Å². The number of dihydropyridines is 1. The molecule has 0 aromatic heterocycles. The molecule has 0 bridgehead atoms. The van der Waals surface area contributed by atoms with Crippen LogP contribution < -0.4 is 10.4 Å². The first kappa shape index (κ1) is 18.6. The number of halogens is 1. The van der Waals surface area contributed by atoms with E-state index in [1.165, 1.54) is 0 Å². The van der Waals surface area contributed by atoms with E-state index < -0.39 is 17.9 Å². The van der Waals surface area contributed by atoms with E-state index in [4.69, 9.17) is 21.6 Å². The van der Waals surface area contributed by atoms with Gasteiger partial charge in [-0.25, -0.2) is 4.79 Å². The van der Waals surface area contributed by atoms with Crippen LogP contribution in [0, 0.1) is 11.3 Å². The van der Waals surface area contributed by atoms with Crippen molar-refractivity contribution in [3.63, 3.8) is 0 Å². The Bertz CT molecular complexity index is 821. The van der Waals surface area contributed by atoms with Gasteiger partial charge in [-0.2, -0.15) is 5.26 Å². The lowest BCUT2D eigenvalue weighted by molar-refractivity contribution is -0.299. The molecule has 130 valence electrons. The summed E-state index contributed by atoms with van der Waals surface area (Å²) in [6.45, 7) is 3.19. The summed E-state index contributed by atoms with van der Waals surface area (Å²) in [5, 5.41) is 23.6. The molecule has 1 aromatic carbocycles. The topological polar surface area (TPSA) is 102 Å². The van der Waals surface area contributed by atoms with Crippen LogP contribution in [-0.2, 0) is 14.3 Å². The number of carbonyl (C=O) groups excluding carboxylic acids is 2. The Kier molecular flexibility index (Phi) is 5.84. The van der Waals surface area contributed by atoms with E-state index in [0.717, 1.165) is 0 Å². The van der Waals surface area contributed by atoms with Crippen LogP contribution in [0.3, 0.4) is 0 Å². The molecule has 1 atom stereocenters. The van der Waals surface area contributed by atoms with E-state index in [2.05, 4.69) is 5.32 Å². The summed E-state index contributed by atoms with van der Waals surface area (Å²) in [6, 6.07) is 8.50. The monoisotopic (exact) mass is 359 g/mol. The first-order chi connectivity index (χ1) is 11.9. The fourth-order valence-electron chi connectivity index (χ4n) is 2.82. The van der Waals surface area contributed by atoms with Crippen molar-refractivity contribution in [1.82, 2.24) is 5.32 Å². The zero-order valence-corrected chi connectivity index (χ0v) is 14.5. The van der Waals surface area contributed by atoms with Crippen LogP contribution in [0.25, 0.3) is 0 Å². The molecule has 1 aliphatic rings. The van der Waals surface area contributed by atoms with Crippen molar-refractivity contribution < 1.29 is 19.4 Å². The van der Waals surface area contributed by atoms with Gasteiger partial charge in [-0.15, -0.1) is 0 Å². The minimum absolute atomic E-state index is 0.0511. The fraction of sp³-hybridized carbons (Fsp3) is 0.278. The molecule has 0 saturated carbocycles. The van der Waals surface area contributed by atoms with Crippen molar-refractivity contribution >= 4 is 23.5 Å². The lowest BCUT2D eigenvalue weighted by Gasteiger charge is -2.32. The van der Waals surface area contributed by atoms with Crippen molar-refractivity contribution in [2.45, 2.75) is 26.2 Å². The summed E-state index contributed by atoms with van der Waals surface area (Å²) in [6.07, 6.45) is 0.0511. The maximum Gasteiger partial charge on any atom is 0.336 e. The van der Waals surface area contributed by atoms with Gasteiger partial charge in [-0.3, -0.25) is 0 Å². The predicted molar refractivity (Wildman–Crippen MR) is 88.9 cm³/mol. The maximum absolute atomic E-state index is 12.5. The summed E-state index contributed by atoms with van der Waals surface area (Å²) >= 11 is 6.03. The molecular weight excluding hydrogens is 344 g/mol. The molecule has 0 aliphatic carbocycles. The zero-order chi connectivity index (χ0) is 18.6. The highest BCUT2D eigenvalue weighted by atomic mass is 35.5. The van der Waals surface area contributed by atoms with Gasteiger partial charge in [0.05, 0.1) is 24.0 Å². The average Bonchev–Trinajstić information content (AvgIpc) is 2.53. The molecule has 0 radical (unpaired) electrons. The number of allylic oxidation sites excluding steroid dienone is 2. The molecule has 6 nitrogen and oxygen atoms in total. The Morgan fingerprint density at radius 3 is 2.60 bits per heavy atom. The molecule has 1 aromatic rings. The summed E-state index contributed by atoms with van der Waals surface area (Å²) in [4.78, 5) is 24.2. The predicted octanol–water partition coefficient (Wildman–Crippen LogP) is 1.78. The standard InChI is InChI=1S/C18H17ClN2O4/c1-10-14(17(22)23)16(12-5-3-6-13(19)9-12)15(11(2)21-10)18(24)25-8-4-7-20/h3,5-6,9,16,21H,4,8H2,1-2H3,(H,22,23)/p-1. The molecular formula is C18H16ClN2O4-. The van der Waals surface area contributed by atoms with Crippen LogP contribution in [0.5, 0.6) is 0 Å². The zero-order valence-electron chi connectivity index (χ0n) is 13.8. The van der Waals surface area contributed by atoms with Gasteiger partial charge in [0.2, 0.25) is 0 Å². The van der Waals surface area contributed by atoms with Crippen LogP contribution in [-0.4, -0.2) is 18.5 Å². The highest BCUT2D eigenvalue weighted by Crippen LogP contribution is 2.39. The Hall–Kier alpha value is -2.78. The third kappa shape index (κ3) is 4.01. The van der Waals surface area contributed by atoms with Crippen LogP contribution in [0.15, 0.2) is 46.8 Å². The van der Waals surface area contributed by atoms with Crippen molar-refractivity contribution in [3.8, 4) is 6.07 Å². The van der Waals surface area contributed by atoms with Gasteiger partial charge < -0.3 is 20.0 Å². The Morgan fingerprint density at radius 1 is 1.32 bits per heavy atom. The molecule has 2 rings (SSSR count). The quantitative estimate of drug-likeness (QED) is 0.635. The lowest BCUT2D eigenvalue weighted by Crippen LogP contribution is -2.37. The Morgan fingerprint density at radius 2 is 2.00 bits per heavy atom. The normalized spacial score (nSPS) is 17.0.